The van der Waals surface area contributed by atoms with Crippen LogP contribution in [0.4, 0.5) is 0 Å². The topological polar surface area (TPSA) is 60.9 Å². The zero-order valence-electron chi connectivity index (χ0n) is 10.1. The molecule has 1 rings (SSSR count). The average molecular weight is 250 g/mol. The largest absolute Gasteiger partial charge is 0.392 e. The first-order valence-electron chi connectivity index (χ1n) is 5.88. The van der Waals surface area contributed by atoms with Crippen LogP contribution in [0.15, 0.2) is 0 Å². The van der Waals surface area contributed by atoms with Crippen molar-refractivity contribution in [2.45, 2.75) is 38.7 Å². The Labute approximate surface area is 98.2 Å². The predicted molar refractivity (Wildman–Crippen MR) is 63.3 cm³/mol. The Bertz CT molecular complexity index is 305. The summed E-state index contributed by atoms with van der Waals surface area (Å²) in [5, 5.41) is 9.48. The van der Waals surface area contributed by atoms with Crippen molar-refractivity contribution in [3.8, 4) is 0 Å². The third-order valence-electron chi connectivity index (χ3n) is 2.91. The van der Waals surface area contributed by atoms with Crippen molar-refractivity contribution in [1.29, 1.82) is 0 Å². The summed E-state index contributed by atoms with van der Waals surface area (Å²) in [5.74, 6) is 0. The van der Waals surface area contributed by atoms with E-state index in [0.29, 0.717) is 19.5 Å². The van der Waals surface area contributed by atoms with Crippen LogP contribution in [0.25, 0.3) is 0 Å². The first-order chi connectivity index (χ1) is 7.48. The Morgan fingerprint density at radius 3 is 2.75 bits per heavy atom. The lowest BCUT2D eigenvalue weighted by atomic mass is 10.1. The quantitative estimate of drug-likeness (QED) is 0.769. The summed E-state index contributed by atoms with van der Waals surface area (Å²) < 4.78 is 26.9. The molecule has 1 aliphatic rings. The average Bonchev–Trinajstić information content (AvgIpc) is 2.25. The first-order valence-corrected chi connectivity index (χ1v) is 7.27. The summed E-state index contributed by atoms with van der Waals surface area (Å²) in [7, 11) is -1.76. The van der Waals surface area contributed by atoms with Crippen molar-refractivity contribution < 1.29 is 13.5 Å². The molecule has 0 amide bonds. The molecule has 1 saturated heterocycles. The van der Waals surface area contributed by atoms with E-state index < -0.39 is 16.3 Å². The molecule has 0 spiro atoms. The van der Waals surface area contributed by atoms with Gasteiger partial charge in [0.2, 0.25) is 0 Å². The van der Waals surface area contributed by atoms with Gasteiger partial charge in [-0.15, -0.1) is 0 Å². The van der Waals surface area contributed by atoms with Gasteiger partial charge >= 0.3 is 0 Å². The minimum Gasteiger partial charge on any atom is -0.392 e. The minimum absolute atomic E-state index is 0.235. The lowest BCUT2D eigenvalue weighted by Gasteiger charge is -2.32. The van der Waals surface area contributed by atoms with Crippen molar-refractivity contribution in [2.75, 3.05) is 26.7 Å². The van der Waals surface area contributed by atoms with Crippen LogP contribution in [-0.4, -0.2) is 54.9 Å². The summed E-state index contributed by atoms with van der Waals surface area (Å²) in [6.45, 7) is 3.34. The lowest BCUT2D eigenvalue weighted by molar-refractivity contribution is 0.105. The van der Waals surface area contributed by atoms with Crippen LogP contribution < -0.4 is 0 Å². The molecule has 5 nitrogen and oxygen atoms in total. The highest BCUT2D eigenvalue weighted by Gasteiger charge is 2.30. The van der Waals surface area contributed by atoms with E-state index in [-0.39, 0.29) is 6.54 Å². The minimum atomic E-state index is -3.36. The van der Waals surface area contributed by atoms with Crippen LogP contribution in [0.3, 0.4) is 0 Å². The molecule has 1 N–H and O–H groups in total. The molecule has 0 radical (unpaired) electrons. The number of hydrogen-bond acceptors (Lipinski definition) is 3. The summed E-state index contributed by atoms with van der Waals surface area (Å²) in [4.78, 5) is 0. The zero-order chi connectivity index (χ0) is 12.2. The number of unbranched alkanes of at least 4 members (excludes halogenated alkanes) is 1. The molecule has 1 unspecified atom stereocenters. The van der Waals surface area contributed by atoms with E-state index >= 15 is 0 Å². The van der Waals surface area contributed by atoms with Gasteiger partial charge in [-0.05, 0) is 19.3 Å². The molecule has 0 aromatic heterocycles. The zero-order valence-corrected chi connectivity index (χ0v) is 10.9. The van der Waals surface area contributed by atoms with Gasteiger partial charge in [0, 0.05) is 26.7 Å². The molecule has 16 heavy (non-hydrogen) atoms. The molecular formula is C10H22N2O3S. The SMILES string of the molecule is CCCCN(C)S(=O)(=O)N1CCCC(O)C1. The number of β-amino-alcohol motifs (C(OH)–C–C–N with tert-alkyl or cyclic N) is 1. The van der Waals surface area contributed by atoms with Crippen LogP contribution >= 0.6 is 0 Å². The highest BCUT2D eigenvalue weighted by atomic mass is 32.2. The summed E-state index contributed by atoms with van der Waals surface area (Å²) in [5.41, 5.74) is 0. The maximum atomic E-state index is 12.1. The second kappa shape index (κ2) is 5.95. The van der Waals surface area contributed by atoms with Gasteiger partial charge in [-0.1, -0.05) is 13.3 Å². The second-order valence-corrected chi connectivity index (χ2v) is 6.37. The molecule has 0 saturated carbocycles. The van der Waals surface area contributed by atoms with Gasteiger partial charge in [0.15, 0.2) is 0 Å². The Morgan fingerprint density at radius 2 is 2.19 bits per heavy atom. The molecule has 96 valence electrons. The highest BCUT2D eigenvalue weighted by molar-refractivity contribution is 7.86. The van der Waals surface area contributed by atoms with Gasteiger partial charge in [-0.2, -0.15) is 17.0 Å². The number of rotatable bonds is 5. The Hall–Kier alpha value is -0.170. The maximum absolute atomic E-state index is 12.1. The number of hydrogen-bond donors (Lipinski definition) is 1. The number of aliphatic hydroxyl groups excluding tert-OH is 1. The van der Waals surface area contributed by atoms with E-state index in [0.717, 1.165) is 19.3 Å². The number of aliphatic hydroxyl groups is 1. The Kier molecular flexibility index (Phi) is 5.17. The van der Waals surface area contributed by atoms with Gasteiger partial charge in [0.1, 0.15) is 0 Å². The van der Waals surface area contributed by atoms with Gasteiger partial charge in [-0.3, -0.25) is 0 Å². The molecular weight excluding hydrogens is 228 g/mol. The van der Waals surface area contributed by atoms with Crippen LogP contribution in [0.2, 0.25) is 0 Å². The smallest absolute Gasteiger partial charge is 0.281 e. The molecule has 0 bridgehead atoms. The lowest BCUT2D eigenvalue weighted by Crippen LogP contribution is -2.48. The molecule has 1 heterocycles. The normalized spacial score (nSPS) is 23.9. The summed E-state index contributed by atoms with van der Waals surface area (Å²) in [6.07, 6.45) is 2.77. The fourth-order valence-corrected chi connectivity index (χ4v) is 3.30. The highest BCUT2D eigenvalue weighted by Crippen LogP contribution is 2.16. The molecule has 0 aromatic carbocycles. The molecule has 1 fully saturated rings. The molecule has 0 aliphatic carbocycles. The fourth-order valence-electron chi connectivity index (χ4n) is 1.82. The van der Waals surface area contributed by atoms with Crippen LogP contribution in [0.1, 0.15) is 32.6 Å². The van der Waals surface area contributed by atoms with E-state index in [2.05, 4.69) is 0 Å². The standard InChI is InChI=1S/C10H22N2O3S/c1-3-4-7-11(2)16(14,15)12-8-5-6-10(13)9-12/h10,13H,3-9H2,1-2H3. The van der Waals surface area contributed by atoms with E-state index in [1.165, 1.54) is 8.61 Å². The van der Waals surface area contributed by atoms with Gasteiger partial charge < -0.3 is 5.11 Å². The van der Waals surface area contributed by atoms with Crippen molar-refractivity contribution in [3.05, 3.63) is 0 Å². The van der Waals surface area contributed by atoms with E-state index in [1.54, 1.807) is 7.05 Å². The van der Waals surface area contributed by atoms with E-state index in [1.807, 2.05) is 6.92 Å². The van der Waals surface area contributed by atoms with Crippen LogP contribution in [0, 0.1) is 0 Å². The van der Waals surface area contributed by atoms with Crippen molar-refractivity contribution >= 4 is 10.2 Å². The van der Waals surface area contributed by atoms with Crippen molar-refractivity contribution in [3.63, 3.8) is 0 Å². The Balaban J connectivity index is 2.61. The van der Waals surface area contributed by atoms with Crippen molar-refractivity contribution in [2.24, 2.45) is 0 Å². The Morgan fingerprint density at radius 1 is 1.50 bits per heavy atom. The predicted octanol–water partition coefficient (Wildman–Crippen LogP) is 0.420. The van der Waals surface area contributed by atoms with Gasteiger partial charge in [-0.25, -0.2) is 0 Å². The second-order valence-electron chi connectivity index (χ2n) is 4.34. The third kappa shape index (κ3) is 3.41. The number of nitrogens with zero attached hydrogens (tertiary/aromatic N) is 2. The van der Waals surface area contributed by atoms with E-state index in [9.17, 15) is 13.5 Å². The third-order valence-corrected chi connectivity index (χ3v) is 4.86. The molecule has 1 atom stereocenters. The van der Waals surface area contributed by atoms with Gasteiger partial charge in [0.05, 0.1) is 6.10 Å². The van der Waals surface area contributed by atoms with Crippen LogP contribution in [-0.2, 0) is 10.2 Å². The van der Waals surface area contributed by atoms with Gasteiger partial charge in [0.25, 0.3) is 10.2 Å². The molecule has 0 aromatic rings. The summed E-state index contributed by atoms with van der Waals surface area (Å²) >= 11 is 0. The molecule has 1 aliphatic heterocycles. The maximum Gasteiger partial charge on any atom is 0.281 e. The summed E-state index contributed by atoms with van der Waals surface area (Å²) in [6, 6.07) is 0. The molecule has 6 heteroatoms. The monoisotopic (exact) mass is 250 g/mol. The fraction of sp³-hybridized carbons (Fsp3) is 1.00. The van der Waals surface area contributed by atoms with Crippen molar-refractivity contribution in [1.82, 2.24) is 8.61 Å². The first kappa shape index (κ1) is 13.9. The van der Waals surface area contributed by atoms with Crippen LogP contribution in [0.5, 0.6) is 0 Å². The van der Waals surface area contributed by atoms with E-state index in [4.69, 9.17) is 0 Å². The number of piperidine rings is 1.